The molecular weight excluding hydrogens is 488 g/mol. The monoisotopic (exact) mass is 518 g/mol. The van der Waals surface area contributed by atoms with E-state index in [4.69, 9.17) is 16.3 Å². The number of anilines is 1. The number of nitrogens with zero attached hydrogens (tertiary/aromatic N) is 2. The van der Waals surface area contributed by atoms with Crippen molar-refractivity contribution >= 4 is 35.2 Å². The fourth-order valence-electron chi connectivity index (χ4n) is 3.53. The van der Waals surface area contributed by atoms with Gasteiger partial charge in [0, 0.05) is 24.5 Å². The largest absolute Gasteiger partial charge is 0.507 e. The van der Waals surface area contributed by atoms with Gasteiger partial charge in [0.1, 0.15) is 17.1 Å². The number of rotatable bonds is 7. The van der Waals surface area contributed by atoms with Gasteiger partial charge in [0.15, 0.2) is 0 Å². The number of nitroso groups, excluding NO2 is 1. The summed E-state index contributed by atoms with van der Waals surface area (Å²) in [6, 6.07) is 12.2. The second kappa shape index (κ2) is 14.7. The Labute approximate surface area is 214 Å². The highest BCUT2D eigenvalue weighted by atomic mass is 35.5. The number of phenols is 1. The maximum absolute atomic E-state index is 11.8. The molecule has 11 heteroatoms. The van der Waals surface area contributed by atoms with Crippen LogP contribution in [0.5, 0.6) is 11.5 Å². The van der Waals surface area contributed by atoms with Gasteiger partial charge in [0.25, 0.3) is 0 Å². The van der Waals surface area contributed by atoms with Crippen LogP contribution in [0.25, 0.3) is 0 Å². The van der Waals surface area contributed by atoms with Crippen LogP contribution in [0.4, 0.5) is 10.5 Å². The molecule has 0 aliphatic heterocycles. The lowest BCUT2D eigenvalue weighted by Gasteiger charge is -2.27. The highest BCUT2D eigenvalue weighted by Crippen LogP contribution is 2.23. The number of para-hydroxylation sites is 1. The smallest absolute Gasteiger partial charge is 0.347 e. The first-order chi connectivity index (χ1) is 17.2. The molecule has 1 saturated carbocycles. The van der Waals surface area contributed by atoms with E-state index in [0.717, 1.165) is 36.6 Å². The van der Waals surface area contributed by atoms with Crippen molar-refractivity contribution in [1.82, 2.24) is 10.3 Å². The van der Waals surface area contributed by atoms with Crippen LogP contribution < -0.4 is 15.4 Å². The van der Waals surface area contributed by atoms with E-state index in [1.165, 1.54) is 19.1 Å². The molecule has 194 valence electrons. The zero-order valence-corrected chi connectivity index (χ0v) is 21.0. The van der Waals surface area contributed by atoms with Crippen LogP contribution in [0.15, 0.2) is 53.8 Å². The Hall–Kier alpha value is -3.66. The van der Waals surface area contributed by atoms with Gasteiger partial charge in [-0.1, -0.05) is 19.1 Å². The summed E-state index contributed by atoms with van der Waals surface area (Å²) in [5, 5.41) is 18.5. The van der Waals surface area contributed by atoms with Crippen LogP contribution in [0.2, 0.25) is 0 Å². The van der Waals surface area contributed by atoms with E-state index < -0.39 is 12.0 Å². The van der Waals surface area contributed by atoms with Gasteiger partial charge in [0.2, 0.25) is 5.91 Å². The molecule has 2 aromatic carbocycles. The standard InChI is InChI=1S/C15H13NO4.C10H18ClN3O2/c1-10(17)16-11-6-8-12(9-7-11)20-15(19)13-4-2-3-5-14(13)18;1-8-2-4-9(5-3-8)12-10(15)14(13-16)7-6-11/h2-9,18H,1H3,(H,16,17);8-9H,2-7H2,1H3,(H,12,15). The lowest BCUT2D eigenvalue weighted by molar-refractivity contribution is -0.114. The third kappa shape index (κ3) is 9.53. The first-order valence-corrected chi connectivity index (χ1v) is 12.1. The summed E-state index contributed by atoms with van der Waals surface area (Å²) in [6.45, 7) is 3.77. The normalized spacial score (nSPS) is 16.5. The third-order valence-electron chi connectivity index (χ3n) is 5.48. The van der Waals surface area contributed by atoms with Crippen molar-refractivity contribution in [2.45, 2.75) is 45.6 Å². The number of hydrogen-bond acceptors (Lipinski definition) is 7. The van der Waals surface area contributed by atoms with Gasteiger partial charge in [-0.25, -0.2) is 9.59 Å². The molecule has 2 aromatic rings. The molecule has 3 N–H and O–H groups in total. The van der Waals surface area contributed by atoms with Crippen LogP contribution in [-0.4, -0.2) is 46.5 Å². The Bertz CT molecular complexity index is 1030. The number of phenolic OH excluding ortho intramolecular Hbond substituents is 1. The fourth-order valence-corrected chi connectivity index (χ4v) is 3.69. The van der Waals surface area contributed by atoms with Crippen LogP contribution in [0, 0.1) is 10.8 Å². The van der Waals surface area contributed by atoms with Crippen molar-refractivity contribution in [3.8, 4) is 11.5 Å². The molecule has 1 aliphatic carbocycles. The molecule has 36 heavy (non-hydrogen) atoms. The number of nitrogens with one attached hydrogen (secondary N) is 2. The molecule has 1 fully saturated rings. The van der Waals surface area contributed by atoms with Crippen molar-refractivity contribution < 1.29 is 24.2 Å². The van der Waals surface area contributed by atoms with Gasteiger partial charge < -0.3 is 20.5 Å². The van der Waals surface area contributed by atoms with Gasteiger partial charge >= 0.3 is 12.0 Å². The van der Waals surface area contributed by atoms with Crippen molar-refractivity contribution in [2.75, 3.05) is 17.7 Å². The van der Waals surface area contributed by atoms with Gasteiger partial charge in [0.05, 0.1) is 11.8 Å². The summed E-state index contributed by atoms with van der Waals surface area (Å²) in [6.07, 6.45) is 4.19. The highest BCUT2D eigenvalue weighted by Gasteiger charge is 2.22. The Morgan fingerprint density at radius 2 is 1.72 bits per heavy atom. The highest BCUT2D eigenvalue weighted by molar-refractivity contribution is 6.18. The van der Waals surface area contributed by atoms with Crippen LogP contribution in [-0.2, 0) is 4.79 Å². The number of esters is 1. The molecule has 0 heterocycles. The molecule has 0 atom stereocenters. The van der Waals surface area contributed by atoms with Gasteiger partial charge in [-0.05, 0) is 68.0 Å². The first-order valence-electron chi connectivity index (χ1n) is 11.6. The van der Waals surface area contributed by atoms with Crippen molar-refractivity contribution in [3.63, 3.8) is 0 Å². The fraction of sp³-hybridized carbons (Fsp3) is 0.400. The summed E-state index contributed by atoms with van der Waals surface area (Å²) < 4.78 is 5.13. The lowest BCUT2D eigenvalue weighted by atomic mass is 9.87. The van der Waals surface area contributed by atoms with E-state index in [1.54, 1.807) is 36.4 Å². The van der Waals surface area contributed by atoms with E-state index in [0.29, 0.717) is 11.4 Å². The second-order valence-electron chi connectivity index (χ2n) is 8.41. The minimum Gasteiger partial charge on any atom is -0.507 e. The van der Waals surface area contributed by atoms with Gasteiger partial charge in [-0.15, -0.1) is 16.5 Å². The number of hydrogen-bond donors (Lipinski definition) is 3. The topological polar surface area (TPSA) is 137 Å². The van der Waals surface area contributed by atoms with Crippen LogP contribution >= 0.6 is 11.6 Å². The molecule has 3 amide bonds. The van der Waals surface area contributed by atoms with E-state index in [2.05, 4.69) is 22.8 Å². The van der Waals surface area contributed by atoms with Crippen LogP contribution in [0.3, 0.4) is 0 Å². The Morgan fingerprint density at radius 1 is 1.08 bits per heavy atom. The number of benzene rings is 2. The summed E-state index contributed by atoms with van der Waals surface area (Å²) in [4.78, 5) is 44.7. The van der Waals surface area contributed by atoms with Gasteiger partial charge in [-0.3, -0.25) is 4.79 Å². The number of ether oxygens (including phenoxy) is 1. The number of alkyl halides is 1. The third-order valence-corrected chi connectivity index (χ3v) is 5.65. The predicted molar refractivity (Wildman–Crippen MR) is 137 cm³/mol. The Balaban J connectivity index is 0.000000261. The summed E-state index contributed by atoms with van der Waals surface area (Å²) in [5.74, 6) is 0.316. The quantitative estimate of drug-likeness (QED) is 0.154. The molecular formula is C25H31ClN4O6. The van der Waals surface area contributed by atoms with E-state index in [1.807, 2.05) is 0 Å². The average Bonchev–Trinajstić information content (AvgIpc) is 2.85. The SMILES string of the molecule is CC(=O)Nc1ccc(OC(=O)c2ccccc2O)cc1.CC1CCC(NC(=O)N(CCCl)N=O)CC1. The Kier molecular flexibility index (Phi) is 11.6. The molecule has 1 aliphatic rings. The van der Waals surface area contributed by atoms with Crippen molar-refractivity contribution in [3.05, 3.63) is 59.0 Å². The molecule has 0 bridgehead atoms. The van der Waals surface area contributed by atoms with E-state index >= 15 is 0 Å². The number of halogens is 1. The molecule has 0 unspecified atom stereocenters. The molecule has 10 nitrogen and oxygen atoms in total. The number of carbonyl (C=O) groups excluding carboxylic acids is 3. The Morgan fingerprint density at radius 3 is 2.28 bits per heavy atom. The summed E-state index contributed by atoms with van der Waals surface area (Å²) in [7, 11) is 0. The second-order valence-corrected chi connectivity index (χ2v) is 8.79. The number of aromatic hydroxyl groups is 1. The van der Waals surface area contributed by atoms with Crippen molar-refractivity contribution in [2.24, 2.45) is 11.2 Å². The molecule has 3 rings (SSSR count). The maximum Gasteiger partial charge on any atom is 0.347 e. The van der Waals surface area contributed by atoms with E-state index in [-0.39, 0.29) is 35.7 Å². The maximum atomic E-state index is 11.8. The van der Waals surface area contributed by atoms with E-state index in [9.17, 15) is 24.4 Å². The number of amides is 3. The summed E-state index contributed by atoms with van der Waals surface area (Å²) >= 11 is 5.46. The summed E-state index contributed by atoms with van der Waals surface area (Å²) in [5.41, 5.74) is 0.707. The predicted octanol–water partition coefficient (Wildman–Crippen LogP) is 5.07. The number of carbonyl (C=O) groups is 3. The minimum absolute atomic E-state index is 0.0958. The first kappa shape index (κ1) is 28.6. The molecule has 0 radical (unpaired) electrons. The lowest BCUT2D eigenvalue weighted by Crippen LogP contribution is -2.44. The molecule has 0 saturated heterocycles. The van der Waals surface area contributed by atoms with Crippen molar-refractivity contribution in [1.29, 1.82) is 0 Å². The van der Waals surface area contributed by atoms with Gasteiger partial charge in [-0.2, -0.15) is 5.01 Å². The van der Waals surface area contributed by atoms with Crippen LogP contribution in [0.1, 0.15) is 49.9 Å². The zero-order chi connectivity index (χ0) is 26.5. The average molecular weight is 519 g/mol. The molecule has 0 aromatic heterocycles. The zero-order valence-electron chi connectivity index (χ0n) is 20.3. The minimum atomic E-state index is -0.643. The number of urea groups is 1. The molecule has 0 spiro atoms.